The van der Waals surface area contributed by atoms with Gasteiger partial charge in [0.1, 0.15) is 11.6 Å². The first-order valence-corrected chi connectivity index (χ1v) is 8.27. The van der Waals surface area contributed by atoms with E-state index in [2.05, 4.69) is 10.5 Å². The van der Waals surface area contributed by atoms with Gasteiger partial charge in [0, 0.05) is 20.6 Å². The standard InChI is InChI=1S/C17H9Cl4N3O/c18-13-3-1-10(15(20)6-13)5-12(8-22)17(25)24-23-9-11-2-4-14(19)7-16(11)21/h1-7,9H,(H,24,25)/b12-5+,23-9+. The smallest absolute Gasteiger partial charge is 0.267 e. The molecule has 0 saturated carbocycles. The number of nitrogens with one attached hydrogen (secondary N) is 1. The largest absolute Gasteiger partial charge is 0.282 e. The van der Waals surface area contributed by atoms with Crippen molar-refractivity contribution in [2.75, 3.05) is 0 Å². The van der Waals surface area contributed by atoms with Crippen LogP contribution in [0, 0.1) is 11.3 Å². The number of nitrogens with zero attached hydrogens (tertiary/aromatic N) is 2. The van der Waals surface area contributed by atoms with E-state index in [1.807, 2.05) is 0 Å². The fourth-order valence-corrected chi connectivity index (χ4v) is 2.67. The number of halogens is 4. The predicted octanol–water partition coefficient (Wildman–Crippen LogP) is 5.36. The third-order valence-electron chi connectivity index (χ3n) is 2.96. The molecule has 4 nitrogen and oxygen atoms in total. The zero-order valence-electron chi connectivity index (χ0n) is 12.4. The monoisotopic (exact) mass is 411 g/mol. The number of hydrogen-bond acceptors (Lipinski definition) is 3. The molecule has 25 heavy (non-hydrogen) atoms. The SMILES string of the molecule is N#C/C(=C\c1ccc(Cl)cc1Cl)C(=O)N/N=C/c1ccc(Cl)cc1Cl. The number of hydrogen-bond donors (Lipinski definition) is 1. The van der Waals surface area contributed by atoms with E-state index >= 15 is 0 Å². The summed E-state index contributed by atoms with van der Waals surface area (Å²) in [7, 11) is 0. The summed E-state index contributed by atoms with van der Waals surface area (Å²) in [5, 5.41) is 14.6. The van der Waals surface area contributed by atoms with E-state index < -0.39 is 5.91 Å². The second-order valence-electron chi connectivity index (χ2n) is 4.70. The first-order valence-electron chi connectivity index (χ1n) is 6.76. The van der Waals surface area contributed by atoms with Crippen molar-refractivity contribution >= 4 is 64.6 Å². The Labute approximate surface area is 164 Å². The van der Waals surface area contributed by atoms with E-state index in [0.717, 1.165) is 0 Å². The van der Waals surface area contributed by atoms with Gasteiger partial charge in [0.05, 0.1) is 11.2 Å². The number of carbonyl (C=O) groups excluding carboxylic acids is 1. The first kappa shape index (κ1) is 19.3. The Morgan fingerprint density at radius 1 is 1.00 bits per heavy atom. The minimum absolute atomic E-state index is 0.163. The first-order chi connectivity index (χ1) is 11.9. The lowest BCUT2D eigenvalue weighted by molar-refractivity contribution is -0.117. The van der Waals surface area contributed by atoms with Gasteiger partial charge >= 0.3 is 0 Å². The van der Waals surface area contributed by atoms with Crippen LogP contribution in [0.3, 0.4) is 0 Å². The molecule has 0 spiro atoms. The van der Waals surface area contributed by atoms with Gasteiger partial charge < -0.3 is 0 Å². The third-order valence-corrected chi connectivity index (χ3v) is 4.08. The fraction of sp³-hybridized carbons (Fsp3) is 0. The summed E-state index contributed by atoms with van der Waals surface area (Å²) in [6.07, 6.45) is 2.69. The molecule has 2 aromatic rings. The van der Waals surface area contributed by atoms with Crippen molar-refractivity contribution in [2.24, 2.45) is 5.10 Å². The van der Waals surface area contributed by atoms with E-state index in [1.165, 1.54) is 18.4 Å². The van der Waals surface area contributed by atoms with Crippen LogP contribution in [-0.2, 0) is 4.79 Å². The quantitative estimate of drug-likeness (QED) is 0.318. The Kier molecular flexibility index (Phi) is 6.86. The van der Waals surface area contributed by atoms with Crippen LogP contribution >= 0.6 is 46.4 Å². The van der Waals surface area contributed by atoms with Crippen LogP contribution in [0.2, 0.25) is 20.1 Å². The van der Waals surface area contributed by atoms with Gasteiger partial charge in [0.25, 0.3) is 5.91 Å². The van der Waals surface area contributed by atoms with Crippen molar-refractivity contribution in [3.05, 3.63) is 73.2 Å². The number of rotatable bonds is 4. The molecule has 0 aromatic heterocycles. The Hall–Kier alpha value is -2.03. The average Bonchev–Trinajstić information content (AvgIpc) is 2.56. The highest BCUT2D eigenvalue weighted by Gasteiger charge is 2.09. The molecular weight excluding hydrogens is 404 g/mol. The normalized spacial score (nSPS) is 11.4. The lowest BCUT2D eigenvalue weighted by atomic mass is 10.1. The third kappa shape index (κ3) is 5.48. The molecular formula is C17H9Cl4N3O. The zero-order valence-corrected chi connectivity index (χ0v) is 15.5. The van der Waals surface area contributed by atoms with Crippen molar-refractivity contribution < 1.29 is 4.79 Å². The van der Waals surface area contributed by atoms with Crippen LogP contribution in [-0.4, -0.2) is 12.1 Å². The van der Waals surface area contributed by atoms with E-state index in [4.69, 9.17) is 51.7 Å². The second-order valence-corrected chi connectivity index (χ2v) is 6.39. The molecule has 2 aromatic carbocycles. The topological polar surface area (TPSA) is 65.2 Å². The van der Waals surface area contributed by atoms with Crippen LogP contribution in [0.1, 0.15) is 11.1 Å². The Bertz CT molecular complexity index is 917. The number of benzene rings is 2. The molecule has 1 N–H and O–H groups in total. The summed E-state index contributed by atoms with van der Waals surface area (Å²) in [5.41, 5.74) is 3.14. The van der Waals surface area contributed by atoms with Gasteiger partial charge in [-0.2, -0.15) is 10.4 Å². The van der Waals surface area contributed by atoms with Crippen LogP contribution in [0.5, 0.6) is 0 Å². The van der Waals surface area contributed by atoms with E-state index in [9.17, 15) is 4.79 Å². The Morgan fingerprint density at radius 2 is 1.56 bits per heavy atom. The van der Waals surface area contributed by atoms with Gasteiger partial charge in [-0.05, 0) is 35.9 Å². The fourth-order valence-electron chi connectivity index (χ4n) is 1.75. The molecule has 126 valence electrons. The zero-order chi connectivity index (χ0) is 18.4. The van der Waals surface area contributed by atoms with Gasteiger partial charge in [0.15, 0.2) is 0 Å². The summed E-state index contributed by atoms with van der Waals surface area (Å²) >= 11 is 23.6. The van der Waals surface area contributed by atoms with Crippen molar-refractivity contribution in [2.45, 2.75) is 0 Å². The summed E-state index contributed by atoms with van der Waals surface area (Å²) in [6, 6.07) is 11.4. The molecule has 0 bridgehead atoms. The Morgan fingerprint density at radius 3 is 2.08 bits per heavy atom. The van der Waals surface area contributed by atoms with E-state index in [0.29, 0.717) is 31.2 Å². The minimum Gasteiger partial charge on any atom is -0.267 e. The number of amides is 1. The maximum absolute atomic E-state index is 12.0. The summed E-state index contributed by atoms with van der Waals surface area (Å²) < 4.78 is 0. The van der Waals surface area contributed by atoms with Crippen LogP contribution in [0.15, 0.2) is 47.1 Å². The number of hydrazone groups is 1. The highest BCUT2D eigenvalue weighted by Crippen LogP contribution is 2.23. The summed E-state index contributed by atoms with van der Waals surface area (Å²) in [5.74, 6) is -0.685. The van der Waals surface area contributed by atoms with Crippen molar-refractivity contribution in [3.8, 4) is 6.07 Å². The van der Waals surface area contributed by atoms with Crippen molar-refractivity contribution in [3.63, 3.8) is 0 Å². The lowest BCUT2D eigenvalue weighted by Gasteiger charge is -2.02. The molecule has 8 heteroatoms. The van der Waals surface area contributed by atoms with Gasteiger partial charge in [-0.1, -0.05) is 58.5 Å². The molecule has 0 atom stereocenters. The van der Waals surface area contributed by atoms with Crippen LogP contribution < -0.4 is 5.43 Å². The predicted molar refractivity (Wildman–Crippen MR) is 102 cm³/mol. The van der Waals surface area contributed by atoms with Crippen LogP contribution in [0.25, 0.3) is 6.08 Å². The molecule has 1 amide bonds. The minimum atomic E-state index is -0.685. The van der Waals surface area contributed by atoms with E-state index in [-0.39, 0.29) is 5.57 Å². The highest BCUT2D eigenvalue weighted by molar-refractivity contribution is 6.36. The van der Waals surface area contributed by atoms with Gasteiger partial charge in [0.2, 0.25) is 0 Å². The molecule has 0 unspecified atom stereocenters. The molecule has 0 fully saturated rings. The Balaban J connectivity index is 2.13. The highest BCUT2D eigenvalue weighted by atomic mass is 35.5. The molecule has 0 radical (unpaired) electrons. The molecule has 0 heterocycles. The number of nitriles is 1. The van der Waals surface area contributed by atoms with Gasteiger partial charge in [-0.3, -0.25) is 4.79 Å². The van der Waals surface area contributed by atoms with Crippen LogP contribution in [0.4, 0.5) is 0 Å². The maximum Gasteiger partial charge on any atom is 0.282 e. The lowest BCUT2D eigenvalue weighted by Crippen LogP contribution is -2.19. The second kappa shape index (κ2) is 8.89. The molecule has 0 aliphatic rings. The van der Waals surface area contributed by atoms with Crippen molar-refractivity contribution in [1.29, 1.82) is 5.26 Å². The van der Waals surface area contributed by atoms with Gasteiger partial charge in [-0.15, -0.1) is 0 Å². The summed E-state index contributed by atoms with van der Waals surface area (Å²) in [6.45, 7) is 0. The maximum atomic E-state index is 12.0. The molecule has 0 aliphatic carbocycles. The van der Waals surface area contributed by atoms with E-state index in [1.54, 1.807) is 36.4 Å². The summed E-state index contributed by atoms with van der Waals surface area (Å²) in [4.78, 5) is 12.0. The molecule has 0 saturated heterocycles. The van der Waals surface area contributed by atoms with Gasteiger partial charge in [-0.25, -0.2) is 5.43 Å². The number of carbonyl (C=O) groups is 1. The van der Waals surface area contributed by atoms with Crippen molar-refractivity contribution in [1.82, 2.24) is 5.43 Å². The average molecular weight is 413 g/mol. The molecule has 0 aliphatic heterocycles. The molecule has 2 rings (SSSR count).